The maximum Gasteiger partial charge on any atom is 0.251 e. The molecule has 1 amide bonds. The average molecular weight is 322 g/mol. The van der Waals surface area contributed by atoms with E-state index in [1.165, 1.54) is 0 Å². The summed E-state index contributed by atoms with van der Waals surface area (Å²) in [4.78, 5) is 11.9. The Bertz CT molecular complexity index is 573. The zero-order valence-electron chi connectivity index (χ0n) is 11.0. The number of aromatic nitrogens is 2. The number of nitrogens with zero attached hydrogens (tertiary/aromatic N) is 2. The standard InChI is InChI=1S/C14H16BrN3O/c1-10-8-13(17-18(10)2)6-7-16-14(19)11-4-3-5-12(15)9-11/h3-5,8-9H,6-7H2,1-2H3,(H,16,19). The summed E-state index contributed by atoms with van der Waals surface area (Å²) in [7, 11) is 1.92. The van der Waals surface area contributed by atoms with Crippen molar-refractivity contribution in [3.8, 4) is 0 Å². The van der Waals surface area contributed by atoms with Crippen LogP contribution in [0.5, 0.6) is 0 Å². The second-order valence-electron chi connectivity index (χ2n) is 4.42. The predicted octanol–water partition coefficient (Wildman–Crippen LogP) is 2.46. The van der Waals surface area contributed by atoms with Crippen LogP contribution in [0.2, 0.25) is 0 Å². The van der Waals surface area contributed by atoms with Crippen LogP contribution >= 0.6 is 15.9 Å². The van der Waals surface area contributed by atoms with Crippen molar-refractivity contribution in [3.63, 3.8) is 0 Å². The van der Waals surface area contributed by atoms with Crippen molar-refractivity contribution in [2.75, 3.05) is 6.54 Å². The highest BCUT2D eigenvalue weighted by molar-refractivity contribution is 9.10. The Kier molecular flexibility index (Phi) is 4.37. The quantitative estimate of drug-likeness (QED) is 0.940. The van der Waals surface area contributed by atoms with Crippen molar-refractivity contribution < 1.29 is 4.79 Å². The maximum atomic E-state index is 11.9. The molecule has 2 rings (SSSR count). The van der Waals surface area contributed by atoms with Gasteiger partial charge in [0.15, 0.2) is 0 Å². The average Bonchev–Trinajstić information content (AvgIpc) is 2.68. The van der Waals surface area contributed by atoms with E-state index in [4.69, 9.17) is 0 Å². The van der Waals surface area contributed by atoms with Crippen LogP contribution in [0.1, 0.15) is 21.7 Å². The molecule has 0 aliphatic rings. The lowest BCUT2D eigenvalue weighted by molar-refractivity contribution is 0.0954. The highest BCUT2D eigenvalue weighted by atomic mass is 79.9. The van der Waals surface area contributed by atoms with Gasteiger partial charge in [0.05, 0.1) is 5.69 Å². The normalized spacial score (nSPS) is 10.5. The first-order valence-corrected chi connectivity index (χ1v) is 6.89. The van der Waals surface area contributed by atoms with Gasteiger partial charge in [-0.2, -0.15) is 5.10 Å². The third kappa shape index (κ3) is 3.67. The van der Waals surface area contributed by atoms with E-state index in [9.17, 15) is 4.79 Å². The van der Waals surface area contributed by atoms with Gasteiger partial charge in [0.25, 0.3) is 5.91 Å². The Labute approximate surface area is 120 Å². The largest absolute Gasteiger partial charge is 0.352 e. The van der Waals surface area contributed by atoms with Crippen molar-refractivity contribution in [1.82, 2.24) is 15.1 Å². The van der Waals surface area contributed by atoms with Crippen LogP contribution < -0.4 is 5.32 Å². The molecule has 5 heteroatoms. The summed E-state index contributed by atoms with van der Waals surface area (Å²) in [5, 5.41) is 7.25. The smallest absolute Gasteiger partial charge is 0.251 e. The summed E-state index contributed by atoms with van der Waals surface area (Å²) in [6.07, 6.45) is 0.738. The van der Waals surface area contributed by atoms with Gasteiger partial charge in [-0.05, 0) is 31.2 Å². The van der Waals surface area contributed by atoms with Crippen LogP contribution in [0.15, 0.2) is 34.8 Å². The molecule has 0 saturated carbocycles. The zero-order valence-corrected chi connectivity index (χ0v) is 12.6. The molecule has 0 radical (unpaired) electrons. The Hall–Kier alpha value is -1.62. The maximum absolute atomic E-state index is 11.9. The minimum atomic E-state index is -0.0612. The Morgan fingerprint density at radius 2 is 2.21 bits per heavy atom. The van der Waals surface area contributed by atoms with Crippen molar-refractivity contribution in [1.29, 1.82) is 0 Å². The third-order valence-corrected chi connectivity index (χ3v) is 3.41. The van der Waals surface area contributed by atoms with Crippen LogP contribution in [0.3, 0.4) is 0 Å². The number of halogens is 1. The SMILES string of the molecule is Cc1cc(CCNC(=O)c2cccc(Br)c2)nn1C. The minimum absolute atomic E-state index is 0.0612. The van der Waals surface area contributed by atoms with E-state index in [1.807, 2.05) is 36.9 Å². The molecule has 0 unspecified atom stereocenters. The number of benzene rings is 1. The molecular formula is C14H16BrN3O. The number of carbonyl (C=O) groups excluding carboxylic acids is 1. The summed E-state index contributed by atoms with van der Waals surface area (Å²) in [6, 6.07) is 9.38. The highest BCUT2D eigenvalue weighted by Gasteiger charge is 2.06. The van der Waals surface area contributed by atoms with E-state index >= 15 is 0 Å². The monoisotopic (exact) mass is 321 g/mol. The van der Waals surface area contributed by atoms with E-state index in [0.717, 1.165) is 22.3 Å². The molecule has 1 N–H and O–H groups in total. The van der Waals surface area contributed by atoms with Crippen LogP contribution in [-0.4, -0.2) is 22.2 Å². The summed E-state index contributed by atoms with van der Waals surface area (Å²) >= 11 is 3.35. The topological polar surface area (TPSA) is 46.9 Å². The second kappa shape index (κ2) is 6.02. The van der Waals surface area contributed by atoms with Crippen LogP contribution in [0.4, 0.5) is 0 Å². The van der Waals surface area contributed by atoms with E-state index < -0.39 is 0 Å². The van der Waals surface area contributed by atoms with Gasteiger partial charge in [0.1, 0.15) is 0 Å². The van der Waals surface area contributed by atoms with Gasteiger partial charge in [-0.3, -0.25) is 9.48 Å². The molecule has 0 saturated heterocycles. The third-order valence-electron chi connectivity index (χ3n) is 2.92. The summed E-state index contributed by atoms with van der Waals surface area (Å²) in [6.45, 7) is 2.60. The molecule has 0 atom stereocenters. The molecule has 1 aromatic carbocycles. The minimum Gasteiger partial charge on any atom is -0.352 e. The lowest BCUT2D eigenvalue weighted by Crippen LogP contribution is -2.25. The van der Waals surface area contributed by atoms with E-state index in [0.29, 0.717) is 12.1 Å². The Morgan fingerprint density at radius 1 is 1.42 bits per heavy atom. The second-order valence-corrected chi connectivity index (χ2v) is 5.33. The van der Waals surface area contributed by atoms with Crippen LogP contribution in [0, 0.1) is 6.92 Å². The molecule has 0 fully saturated rings. The van der Waals surface area contributed by atoms with Crippen molar-refractivity contribution in [2.45, 2.75) is 13.3 Å². The van der Waals surface area contributed by atoms with Gasteiger partial charge >= 0.3 is 0 Å². The molecule has 0 spiro atoms. The molecule has 100 valence electrons. The summed E-state index contributed by atoms with van der Waals surface area (Å²) < 4.78 is 2.74. The first-order valence-electron chi connectivity index (χ1n) is 6.09. The first kappa shape index (κ1) is 13.8. The molecule has 0 aliphatic heterocycles. The number of carbonyl (C=O) groups is 1. The summed E-state index contributed by atoms with van der Waals surface area (Å²) in [5.74, 6) is -0.0612. The van der Waals surface area contributed by atoms with Gasteiger partial charge in [-0.25, -0.2) is 0 Å². The molecule has 2 aromatic rings. The number of hydrogen-bond acceptors (Lipinski definition) is 2. The van der Waals surface area contributed by atoms with Gasteiger partial charge in [0.2, 0.25) is 0 Å². The predicted molar refractivity (Wildman–Crippen MR) is 78.1 cm³/mol. The van der Waals surface area contributed by atoms with Crippen LogP contribution in [0.25, 0.3) is 0 Å². The molecular weight excluding hydrogens is 306 g/mol. The lowest BCUT2D eigenvalue weighted by Gasteiger charge is -2.04. The van der Waals surface area contributed by atoms with E-state index in [-0.39, 0.29) is 5.91 Å². The Balaban J connectivity index is 1.87. The number of rotatable bonds is 4. The lowest BCUT2D eigenvalue weighted by atomic mass is 10.2. The highest BCUT2D eigenvalue weighted by Crippen LogP contribution is 2.11. The van der Waals surface area contributed by atoms with E-state index in [2.05, 4.69) is 26.3 Å². The molecule has 0 aliphatic carbocycles. The van der Waals surface area contributed by atoms with Crippen molar-refractivity contribution >= 4 is 21.8 Å². The molecule has 4 nitrogen and oxygen atoms in total. The Morgan fingerprint density at radius 3 is 2.84 bits per heavy atom. The molecule has 1 heterocycles. The fraction of sp³-hybridized carbons (Fsp3) is 0.286. The first-order chi connectivity index (χ1) is 9.06. The van der Waals surface area contributed by atoms with Crippen molar-refractivity contribution in [3.05, 3.63) is 51.8 Å². The molecule has 0 bridgehead atoms. The fourth-order valence-electron chi connectivity index (χ4n) is 1.79. The molecule has 1 aromatic heterocycles. The zero-order chi connectivity index (χ0) is 13.8. The van der Waals surface area contributed by atoms with Crippen LogP contribution in [-0.2, 0) is 13.5 Å². The number of amides is 1. The van der Waals surface area contributed by atoms with Gasteiger partial charge in [-0.1, -0.05) is 22.0 Å². The fourth-order valence-corrected chi connectivity index (χ4v) is 2.19. The van der Waals surface area contributed by atoms with E-state index in [1.54, 1.807) is 12.1 Å². The number of hydrogen-bond donors (Lipinski definition) is 1. The van der Waals surface area contributed by atoms with Crippen molar-refractivity contribution in [2.24, 2.45) is 7.05 Å². The number of aryl methyl sites for hydroxylation is 2. The van der Waals surface area contributed by atoms with Gasteiger partial charge < -0.3 is 5.32 Å². The van der Waals surface area contributed by atoms with Gasteiger partial charge in [-0.15, -0.1) is 0 Å². The number of nitrogens with one attached hydrogen (secondary N) is 1. The van der Waals surface area contributed by atoms with Gasteiger partial charge in [0, 0.05) is 35.7 Å². The summed E-state index contributed by atoms with van der Waals surface area (Å²) in [5.41, 5.74) is 2.77. The molecule has 19 heavy (non-hydrogen) atoms.